The van der Waals surface area contributed by atoms with Crippen molar-refractivity contribution < 1.29 is 9.47 Å². The molecule has 1 fully saturated rings. The number of unbranched alkanes of at least 4 members (excludes halogenated alkanes) is 1. The summed E-state index contributed by atoms with van der Waals surface area (Å²) in [5.41, 5.74) is 1.20. The normalized spacial score (nSPS) is 16.8. The summed E-state index contributed by atoms with van der Waals surface area (Å²) in [7, 11) is 0. The summed E-state index contributed by atoms with van der Waals surface area (Å²) in [6.07, 6.45) is 2.36. The second-order valence-electron chi connectivity index (χ2n) is 7.05. The molecule has 1 unspecified atom stereocenters. The fraction of sp³-hybridized carbons (Fsp3) is 0.667. The number of nitrogens with one attached hydrogen (secondary N) is 2. The molecule has 0 amide bonds. The minimum Gasteiger partial charge on any atom is -0.489 e. The van der Waals surface area contributed by atoms with Crippen molar-refractivity contribution in [2.45, 2.75) is 39.7 Å². The molecule has 1 aliphatic heterocycles. The van der Waals surface area contributed by atoms with Gasteiger partial charge in [-0.15, -0.1) is 0 Å². The summed E-state index contributed by atoms with van der Waals surface area (Å²) in [4.78, 5) is 7.14. The van der Waals surface area contributed by atoms with Crippen LogP contribution in [0.2, 0.25) is 0 Å². The van der Waals surface area contributed by atoms with Gasteiger partial charge in [0.15, 0.2) is 5.96 Å². The molecular formula is C21H36N4O2. The van der Waals surface area contributed by atoms with Gasteiger partial charge in [0.05, 0.1) is 19.8 Å². The molecular weight excluding hydrogens is 340 g/mol. The highest BCUT2D eigenvalue weighted by Gasteiger charge is 2.09. The Morgan fingerprint density at radius 1 is 1.26 bits per heavy atom. The van der Waals surface area contributed by atoms with Gasteiger partial charge in [-0.3, -0.25) is 4.90 Å². The zero-order valence-corrected chi connectivity index (χ0v) is 17.2. The summed E-state index contributed by atoms with van der Waals surface area (Å²) < 4.78 is 11.3. The summed E-state index contributed by atoms with van der Waals surface area (Å²) in [5, 5.41) is 6.73. The van der Waals surface area contributed by atoms with E-state index in [4.69, 9.17) is 9.47 Å². The Balaban J connectivity index is 1.66. The van der Waals surface area contributed by atoms with Crippen molar-refractivity contribution in [1.29, 1.82) is 0 Å². The van der Waals surface area contributed by atoms with Crippen molar-refractivity contribution >= 4 is 5.96 Å². The number of rotatable bonds is 10. The average Bonchev–Trinajstić information content (AvgIpc) is 2.66. The number of aryl methyl sites for hydroxylation is 1. The lowest BCUT2D eigenvalue weighted by Gasteiger charge is -2.26. The predicted octanol–water partition coefficient (Wildman–Crippen LogP) is 2.43. The van der Waals surface area contributed by atoms with Crippen molar-refractivity contribution in [3.8, 4) is 5.75 Å². The van der Waals surface area contributed by atoms with Gasteiger partial charge in [-0.2, -0.15) is 0 Å². The molecule has 1 aromatic carbocycles. The molecule has 27 heavy (non-hydrogen) atoms. The number of ether oxygens (including phenoxy) is 2. The number of morpholine rings is 1. The molecule has 2 N–H and O–H groups in total. The van der Waals surface area contributed by atoms with E-state index in [-0.39, 0.29) is 6.10 Å². The van der Waals surface area contributed by atoms with Crippen LogP contribution in [0.3, 0.4) is 0 Å². The van der Waals surface area contributed by atoms with Crippen LogP contribution in [-0.4, -0.2) is 69.4 Å². The number of aliphatic imine (C=N–C) groups is 1. The zero-order valence-electron chi connectivity index (χ0n) is 17.2. The van der Waals surface area contributed by atoms with Crippen LogP contribution in [0.25, 0.3) is 0 Å². The highest BCUT2D eigenvalue weighted by atomic mass is 16.5. The minimum atomic E-state index is 0.0311. The molecule has 1 aliphatic rings. The van der Waals surface area contributed by atoms with Gasteiger partial charge in [0, 0.05) is 26.2 Å². The maximum atomic E-state index is 5.96. The fourth-order valence-electron chi connectivity index (χ4n) is 3.01. The maximum absolute atomic E-state index is 5.96. The largest absolute Gasteiger partial charge is 0.489 e. The fourth-order valence-corrected chi connectivity index (χ4v) is 3.01. The van der Waals surface area contributed by atoms with E-state index in [1.54, 1.807) is 0 Å². The minimum absolute atomic E-state index is 0.0311. The van der Waals surface area contributed by atoms with Crippen molar-refractivity contribution in [2.24, 2.45) is 4.99 Å². The summed E-state index contributed by atoms with van der Waals surface area (Å²) in [6.45, 7) is 13.7. The van der Waals surface area contributed by atoms with Gasteiger partial charge in [-0.25, -0.2) is 4.99 Å². The molecule has 1 atom stereocenters. The molecule has 1 heterocycles. The quantitative estimate of drug-likeness (QED) is 0.373. The van der Waals surface area contributed by atoms with E-state index in [0.717, 1.165) is 64.1 Å². The first kappa shape index (κ1) is 21.5. The van der Waals surface area contributed by atoms with Crippen LogP contribution in [0.4, 0.5) is 0 Å². The van der Waals surface area contributed by atoms with E-state index in [9.17, 15) is 0 Å². The first-order valence-electron chi connectivity index (χ1n) is 10.2. The molecule has 0 radical (unpaired) electrons. The molecule has 0 saturated carbocycles. The van der Waals surface area contributed by atoms with Crippen LogP contribution in [0.15, 0.2) is 29.3 Å². The lowest BCUT2D eigenvalue weighted by Crippen LogP contribution is -2.39. The molecule has 0 spiro atoms. The third-order valence-electron chi connectivity index (χ3n) is 4.47. The van der Waals surface area contributed by atoms with E-state index in [1.165, 1.54) is 12.0 Å². The number of nitrogens with zero attached hydrogens (tertiary/aromatic N) is 2. The average molecular weight is 377 g/mol. The Morgan fingerprint density at radius 3 is 2.81 bits per heavy atom. The summed E-state index contributed by atoms with van der Waals surface area (Å²) in [6, 6.07) is 8.13. The first-order valence-corrected chi connectivity index (χ1v) is 10.2. The van der Waals surface area contributed by atoms with Crippen LogP contribution in [0.5, 0.6) is 5.75 Å². The SMILES string of the molecule is CCNC(=NCC(C)Oc1cccc(C)c1)NCCCCN1CCOCC1. The highest BCUT2D eigenvalue weighted by Crippen LogP contribution is 2.14. The second-order valence-corrected chi connectivity index (χ2v) is 7.05. The van der Waals surface area contributed by atoms with Gasteiger partial charge in [0.2, 0.25) is 0 Å². The molecule has 6 heteroatoms. The molecule has 6 nitrogen and oxygen atoms in total. The number of hydrogen-bond acceptors (Lipinski definition) is 4. The summed E-state index contributed by atoms with van der Waals surface area (Å²) >= 11 is 0. The van der Waals surface area contributed by atoms with Crippen LogP contribution < -0.4 is 15.4 Å². The molecule has 0 aliphatic carbocycles. The lowest BCUT2D eigenvalue weighted by molar-refractivity contribution is 0.0372. The monoisotopic (exact) mass is 376 g/mol. The third kappa shape index (κ3) is 9.11. The number of hydrogen-bond donors (Lipinski definition) is 2. The molecule has 0 bridgehead atoms. The Bertz CT molecular complexity index is 559. The molecule has 152 valence electrons. The van der Waals surface area contributed by atoms with E-state index >= 15 is 0 Å². The second kappa shape index (κ2) is 12.6. The Kier molecular flexibility index (Phi) is 10.0. The number of benzene rings is 1. The third-order valence-corrected chi connectivity index (χ3v) is 4.47. The Labute approximate surface area is 164 Å². The van der Waals surface area contributed by atoms with Crippen molar-refractivity contribution in [3.63, 3.8) is 0 Å². The van der Waals surface area contributed by atoms with Gasteiger partial charge < -0.3 is 20.1 Å². The van der Waals surface area contributed by atoms with Gasteiger partial charge >= 0.3 is 0 Å². The van der Waals surface area contributed by atoms with Crippen LogP contribution in [0, 0.1) is 6.92 Å². The predicted molar refractivity (Wildman–Crippen MR) is 112 cm³/mol. The number of guanidine groups is 1. The molecule has 2 rings (SSSR count). The van der Waals surface area contributed by atoms with Crippen molar-refractivity contribution in [2.75, 3.05) is 52.5 Å². The Hall–Kier alpha value is -1.79. The van der Waals surface area contributed by atoms with E-state index < -0.39 is 0 Å². The van der Waals surface area contributed by atoms with Crippen molar-refractivity contribution in [3.05, 3.63) is 29.8 Å². The van der Waals surface area contributed by atoms with E-state index in [2.05, 4.69) is 53.4 Å². The van der Waals surface area contributed by atoms with Crippen molar-refractivity contribution in [1.82, 2.24) is 15.5 Å². The van der Waals surface area contributed by atoms with Crippen LogP contribution in [0.1, 0.15) is 32.3 Å². The zero-order chi connectivity index (χ0) is 19.3. The van der Waals surface area contributed by atoms with Crippen LogP contribution >= 0.6 is 0 Å². The standard InChI is InChI=1S/C21H36N4O2/c1-4-22-21(23-10-5-6-11-25-12-14-26-15-13-25)24-17-19(3)27-20-9-7-8-18(2)16-20/h7-9,16,19H,4-6,10-15,17H2,1-3H3,(H2,22,23,24). The lowest BCUT2D eigenvalue weighted by atomic mass is 10.2. The molecule has 1 saturated heterocycles. The van der Waals surface area contributed by atoms with Crippen LogP contribution in [-0.2, 0) is 4.74 Å². The van der Waals surface area contributed by atoms with Gasteiger partial charge in [-0.1, -0.05) is 12.1 Å². The van der Waals surface area contributed by atoms with Gasteiger partial charge in [0.25, 0.3) is 0 Å². The smallest absolute Gasteiger partial charge is 0.191 e. The summed E-state index contributed by atoms with van der Waals surface area (Å²) in [5.74, 6) is 1.77. The first-order chi connectivity index (χ1) is 13.2. The van der Waals surface area contributed by atoms with Gasteiger partial charge in [0.1, 0.15) is 11.9 Å². The van der Waals surface area contributed by atoms with Gasteiger partial charge in [-0.05, 0) is 57.9 Å². The Morgan fingerprint density at radius 2 is 2.07 bits per heavy atom. The highest BCUT2D eigenvalue weighted by molar-refractivity contribution is 5.79. The topological polar surface area (TPSA) is 58.1 Å². The molecule has 1 aromatic rings. The maximum Gasteiger partial charge on any atom is 0.191 e. The van der Waals surface area contributed by atoms with E-state index in [1.807, 2.05) is 12.1 Å². The van der Waals surface area contributed by atoms with E-state index in [0.29, 0.717) is 6.54 Å². The molecule has 0 aromatic heterocycles.